The minimum atomic E-state index is -0.197. The normalized spacial score (nSPS) is 22.2. The monoisotopic (exact) mass is 341 g/mol. The molecule has 0 radical (unpaired) electrons. The molecule has 2 atom stereocenters. The van der Waals surface area contributed by atoms with Crippen LogP contribution >= 0.6 is 11.8 Å². The SMILES string of the molecule is Cc1cnc2n(c1=O)C[C@@H](C(=O)N1c3ccccc3C[C@H]1C)CS2. The lowest BCUT2D eigenvalue weighted by atomic mass is 10.1. The molecule has 24 heavy (non-hydrogen) atoms. The Hall–Kier alpha value is -2.08. The first kappa shape index (κ1) is 15.4. The highest BCUT2D eigenvalue weighted by Crippen LogP contribution is 2.35. The molecular formula is C18H19N3O2S. The summed E-state index contributed by atoms with van der Waals surface area (Å²) in [5, 5.41) is 0.713. The number of para-hydroxylation sites is 1. The van der Waals surface area contributed by atoms with Crippen LogP contribution in [0.5, 0.6) is 0 Å². The van der Waals surface area contributed by atoms with E-state index >= 15 is 0 Å². The third-order valence-corrected chi connectivity index (χ3v) is 5.95. The third kappa shape index (κ3) is 2.36. The van der Waals surface area contributed by atoms with Gasteiger partial charge < -0.3 is 4.90 Å². The van der Waals surface area contributed by atoms with Gasteiger partial charge in [-0.2, -0.15) is 0 Å². The fraction of sp³-hybridized carbons (Fsp3) is 0.389. The summed E-state index contributed by atoms with van der Waals surface area (Å²) < 4.78 is 1.65. The van der Waals surface area contributed by atoms with Gasteiger partial charge in [0.05, 0.1) is 5.92 Å². The number of hydrogen-bond acceptors (Lipinski definition) is 4. The van der Waals surface area contributed by atoms with E-state index in [-0.39, 0.29) is 23.4 Å². The minimum Gasteiger partial charge on any atom is -0.309 e. The Bertz CT molecular complexity index is 877. The second kappa shape index (κ2) is 5.77. The van der Waals surface area contributed by atoms with Gasteiger partial charge in [-0.3, -0.25) is 14.2 Å². The Morgan fingerprint density at radius 3 is 2.96 bits per heavy atom. The molecule has 0 saturated carbocycles. The molecule has 0 saturated heterocycles. The van der Waals surface area contributed by atoms with Crippen LogP contribution in [-0.4, -0.2) is 27.3 Å². The molecule has 1 aromatic carbocycles. The first-order valence-electron chi connectivity index (χ1n) is 8.16. The lowest BCUT2D eigenvalue weighted by molar-refractivity contribution is -0.122. The Balaban J connectivity index is 1.65. The molecule has 2 aliphatic rings. The van der Waals surface area contributed by atoms with Crippen molar-refractivity contribution < 1.29 is 4.79 Å². The molecule has 5 nitrogen and oxygen atoms in total. The van der Waals surface area contributed by atoms with Gasteiger partial charge >= 0.3 is 0 Å². The van der Waals surface area contributed by atoms with Crippen molar-refractivity contribution in [2.45, 2.75) is 38.0 Å². The number of hydrogen-bond donors (Lipinski definition) is 0. The summed E-state index contributed by atoms with van der Waals surface area (Å²) in [6.45, 7) is 4.26. The lowest BCUT2D eigenvalue weighted by Gasteiger charge is -2.30. The molecule has 1 aromatic heterocycles. The van der Waals surface area contributed by atoms with Gasteiger partial charge in [0.15, 0.2) is 5.16 Å². The fourth-order valence-corrected chi connectivity index (χ4v) is 4.59. The standard InChI is InChI=1S/C18H19N3O2S/c1-11-8-19-18-20(16(11)22)9-14(10-24-18)17(23)21-12(2)7-13-5-3-4-6-15(13)21/h3-6,8,12,14H,7,9-10H2,1-2H3/t12-,14-/m1/s1. The highest BCUT2D eigenvalue weighted by Gasteiger charge is 2.36. The zero-order chi connectivity index (χ0) is 16.8. The van der Waals surface area contributed by atoms with Crippen molar-refractivity contribution in [3.63, 3.8) is 0 Å². The number of carbonyl (C=O) groups excluding carboxylic acids is 1. The largest absolute Gasteiger partial charge is 0.309 e. The molecule has 3 heterocycles. The van der Waals surface area contributed by atoms with Gasteiger partial charge in [-0.1, -0.05) is 30.0 Å². The second-order valence-electron chi connectivity index (χ2n) is 6.54. The first-order valence-corrected chi connectivity index (χ1v) is 9.15. The summed E-state index contributed by atoms with van der Waals surface area (Å²) >= 11 is 1.49. The Morgan fingerprint density at radius 2 is 2.12 bits per heavy atom. The zero-order valence-electron chi connectivity index (χ0n) is 13.7. The van der Waals surface area contributed by atoms with Crippen molar-refractivity contribution in [2.75, 3.05) is 10.7 Å². The molecule has 2 aliphatic heterocycles. The number of rotatable bonds is 1. The average molecular weight is 341 g/mol. The van der Waals surface area contributed by atoms with Gasteiger partial charge in [0, 0.05) is 35.8 Å². The van der Waals surface area contributed by atoms with E-state index < -0.39 is 0 Å². The topological polar surface area (TPSA) is 55.2 Å². The maximum atomic E-state index is 13.2. The number of aryl methyl sites for hydroxylation is 1. The van der Waals surface area contributed by atoms with Crippen molar-refractivity contribution in [1.29, 1.82) is 0 Å². The Morgan fingerprint density at radius 1 is 1.33 bits per heavy atom. The summed E-state index contributed by atoms with van der Waals surface area (Å²) in [5.41, 5.74) is 2.81. The Kier molecular flexibility index (Phi) is 3.72. The van der Waals surface area contributed by atoms with Crippen LogP contribution in [0, 0.1) is 12.8 Å². The molecule has 0 spiro atoms. The van der Waals surface area contributed by atoms with Crippen LogP contribution in [0.15, 0.2) is 40.4 Å². The zero-order valence-corrected chi connectivity index (χ0v) is 14.5. The van der Waals surface area contributed by atoms with Crippen LogP contribution in [0.3, 0.4) is 0 Å². The van der Waals surface area contributed by atoms with E-state index in [9.17, 15) is 9.59 Å². The highest BCUT2D eigenvalue weighted by molar-refractivity contribution is 7.99. The minimum absolute atomic E-state index is 0.0418. The number of carbonyl (C=O) groups is 1. The number of anilines is 1. The van der Waals surface area contributed by atoms with Crippen LogP contribution in [0.25, 0.3) is 0 Å². The molecule has 6 heteroatoms. The second-order valence-corrected chi connectivity index (χ2v) is 7.52. The van der Waals surface area contributed by atoms with Crippen LogP contribution in [0.2, 0.25) is 0 Å². The number of benzene rings is 1. The summed E-state index contributed by atoms with van der Waals surface area (Å²) in [5.74, 6) is 0.580. The van der Waals surface area contributed by atoms with Crippen LogP contribution in [0.4, 0.5) is 5.69 Å². The van der Waals surface area contributed by atoms with Crippen molar-refractivity contribution in [3.05, 3.63) is 51.9 Å². The van der Waals surface area contributed by atoms with E-state index in [2.05, 4.69) is 18.0 Å². The van der Waals surface area contributed by atoms with Crippen LogP contribution in [-0.2, 0) is 17.8 Å². The number of thioether (sulfide) groups is 1. The molecule has 0 aliphatic carbocycles. The summed E-state index contributed by atoms with van der Waals surface area (Å²) in [4.78, 5) is 31.7. The maximum Gasteiger partial charge on any atom is 0.257 e. The number of fused-ring (bicyclic) bond motifs is 2. The van der Waals surface area contributed by atoms with Crippen molar-refractivity contribution in [2.24, 2.45) is 5.92 Å². The molecule has 0 unspecified atom stereocenters. The number of amides is 1. The third-order valence-electron chi connectivity index (χ3n) is 4.79. The van der Waals surface area contributed by atoms with Crippen molar-refractivity contribution >= 4 is 23.4 Å². The predicted molar refractivity (Wildman–Crippen MR) is 94.5 cm³/mol. The van der Waals surface area contributed by atoms with Gasteiger partial charge in [-0.25, -0.2) is 4.98 Å². The number of nitrogens with zero attached hydrogens (tertiary/aromatic N) is 3. The smallest absolute Gasteiger partial charge is 0.257 e. The molecular weight excluding hydrogens is 322 g/mol. The first-order chi connectivity index (χ1) is 11.6. The Labute approximate surface area is 144 Å². The van der Waals surface area contributed by atoms with Crippen molar-refractivity contribution in [3.8, 4) is 0 Å². The van der Waals surface area contributed by atoms with Gasteiger partial charge in [0.25, 0.3) is 5.56 Å². The summed E-state index contributed by atoms with van der Waals surface area (Å²) in [7, 11) is 0. The van der Waals surface area contributed by atoms with E-state index in [1.54, 1.807) is 17.7 Å². The van der Waals surface area contributed by atoms with Gasteiger partial charge in [-0.05, 0) is 31.9 Å². The summed E-state index contributed by atoms with van der Waals surface area (Å²) in [6.07, 6.45) is 2.50. The van der Waals surface area contributed by atoms with E-state index in [1.807, 2.05) is 23.1 Å². The molecule has 1 amide bonds. The van der Waals surface area contributed by atoms with E-state index in [1.165, 1.54) is 17.3 Å². The lowest BCUT2D eigenvalue weighted by Crippen LogP contribution is -2.45. The van der Waals surface area contributed by atoms with Crippen molar-refractivity contribution in [1.82, 2.24) is 9.55 Å². The molecule has 0 N–H and O–H groups in total. The van der Waals surface area contributed by atoms with Gasteiger partial charge in [0.1, 0.15) is 0 Å². The van der Waals surface area contributed by atoms with E-state index in [0.29, 0.717) is 23.0 Å². The molecule has 2 aromatic rings. The maximum absolute atomic E-state index is 13.2. The van der Waals surface area contributed by atoms with E-state index in [4.69, 9.17) is 0 Å². The molecule has 124 valence electrons. The molecule has 0 fully saturated rings. The highest BCUT2D eigenvalue weighted by atomic mass is 32.2. The number of aromatic nitrogens is 2. The predicted octanol–water partition coefficient (Wildman–Crippen LogP) is 2.25. The van der Waals surface area contributed by atoms with E-state index in [0.717, 1.165) is 12.1 Å². The summed E-state index contributed by atoms with van der Waals surface area (Å²) in [6, 6.07) is 8.24. The van der Waals surface area contributed by atoms with Crippen LogP contribution < -0.4 is 10.5 Å². The molecule has 4 rings (SSSR count). The van der Waals surface area contributed by atoms with Gasteiger partial charge in [0.2, 0.25) is 5.91 Å². The van der Waals surface area contributed by atoms with Gasteiger partial charge in [-0.15, -0.1) is 0 Å². The fourth-order valence-electron chi connectivity index (χ4n) is 3.55. The quantitative estimate of drug-likeness (QED) is 0.747. The average Bonchev–Trinajstić information content (AvgIpc) is 2.93. The van der Waals surface area contributed by atoms with Crippen LogP contribution in [0.1, 0.15) is 18.1 Å². The molecule has 0 bridgehead atoms.